The number of rotatable bonds is 9. The van der Waals surface area contributed by atoms with E-state index >= 15 is 0 Å². The highest BCUT2D eigenvalue weighted by Gasteiger charge is 2.18. The molecule has 0 saturated heterocycles. The lowest BCUT2D eigenvalue weighted by atomic mass is 10.2. The Morgan fingerprint density at radius 1 is 1.08 bits per heavy atom. The molecule has 0 aromatic heterocycles. The fraction of sp³-hybridized carbons (Fsp3) is 0.353. The van der Waals surface area contributed by atoms with Crippen LogP contribution in [0.4, 0.5) is 0 Å². The van der Waals surface area contributed by atoms with Gasteiger partial charge in [-0.15, -0.1) is 0 Å². The molecule has 0 unspecified atom stereocenters. The third-order valence-corrected chi connectivity index (χ3v) is 4.00. The minimum Gasteiger partial charge on any atom is -0.463 e. The van der Waals surface area contributed by atoms with Crippen molar-refractivity contribution in [1.29, 1.82) is 0 Å². The number of carbonyl (C=O) groups is 3. The normalized spacial score (nSPS) is 10.8. The molecule has 0 saturated carbocycles. The molecule has 1 aromatic rings. The van der Waals surface area contributed by atoms with E-state index in [1.54, 1.807) is 0 Å². The molecule has 0 bridgehead atoms. The molecule has 0 aliphatic carbocycles. The molecule has 7 nitrogen and oxygen atoms in total. The number of carbonyl (C=O) groups excluding carboxylic acids is 3. The maximum absolute atomic E-state index is 11.7. The Balaban J connectivity index is 2.34. The molecule has 0 fully saturated rings. The summed E-state index contributed by atoms with van der Waals surface area (Å²) in [7, 11) is -3.80. The van der Waals surface area contributed by atoms with E-state index in [1.807, 2.05) is 0 Å². The fourth-order valence-corrected chi connectivity index (χ4v) is 2.40. The van der Waals surface area contributed by atoms with Crippen LogP contribution in [-0.4, -0.2) is 38.3 Å². The van der Waals surface area contributed by atoms with E-state index in [0.717, 1.165) is 12.3 Å². The van der Waals surface area contributed by atoms with Gasteiger partial charge in [0, 0.05) is 24.3 Å². The zero-order valence-corrected chi connectivity index (χ0v) is 14.7. The first-order chi connectivity index (χ1) is 11.7. The standard InChI is InChI=1S/C17H20O7S/c1-3-15(18)23-12-6-4-5-7-16(19)24-14-10-8-13(9-11-14)17(20)25(2,21)22/h3,8-11H,1,4-7,12H2,2H3. The first-order valence-corrected chi connectivity index (χ1v) is 9.47. The van der Waals surface area contributed by atoms with Gasteiger partial charge < -0.3 is 9.47 Å². The van der Waals surface area contributed by atoms with Gasteiger partial charge in [0.05, 0.1) is 6.61 Å². The predicted octanol–water partition coefficient (Wildman–Crippen LogP) is 2.07. The average Bonchev–Trinajstić information content (AvgIpc) is 2.56. The van der Waals surface area contributed by atoms with Crippen LogP contribution >= 0.6 is 0 Å². The Hall–Kier alpha value is -2.48. The third-order valence-electron chi connectivity index (χ3n) is 3.09. The van der Waals surface area contributed by atoms with E-state index in [-0.39, 0.29) is 24.3 Å². The minimum atomic E-state index is -3.80. The molecule has 0 radical (unpaired) electrons. The average molecular weight is 368 g/mol. The van der Waals surface area contributed by atoms with Gasteiger partial charge in [-0.3, -0.25) is 9.59 Å². The molecule has 0 atom stereocenters. The van der Waals surface area contributed by atoms with Crippen molar-refractivity contribution in [2.45, 2.75) is 25.7 Å². The second-order valence-electron chi connectivity index (χ2n) is 5.24. The fourth-order valence-electron chi connectivity index (χ4n) is 1.84. The largest absolute Gasteiger partial charge is 0.463 e. The van der Waals surface area contributed by atoms with E-state index in [1.165, 1.54) is 24.3 Å². The number of hydrogen-bond acceptors (Lipinski definition) is 7. The van der Waals surface area contributed by atoms with Gasteiger partial charge in [0.15, 0.2) is 0 Å². The second kappa shape index (κ2) is 9.73. The number of sulfone groups is 1. The van der Waals surface area contributed by atoms with E-state index < -0.39 is 26.9 Å². The lowest BCUT2D eigenvalue weighted by Crippen LogP contribution is -2.13. The Morgan fingerprint density at radius 2 is 1.72 bits per heavy atom. The SMILES string of the molecule is C=CC(=O)OCCCCCC(=O)Oc1ccc(C(=O)S(C)(=O)=O)cc1. The molecule has 25 heavy (non-hydrogen) atoms. The van der Waals surface area contributed by atoms with Crippen LogP contribution in [0.1, 0.15) is 36.0 Å². The molecule has 0 spiro atoms. The van der Waals surface area contributed by atoms with Crippen molar-refractivity contribution in [3.63, 3.8) is 0 Å². The molecule has 0 heterocycles. The maximum atomic E-state index is 11.7. The van der Waals surface area contributed by atoms with Gasteiger partial charge >= 0.3 is 11.9 Å². The Kier molecular flexibility index (Phi) is 8.00. The lowest BCUT2D eigenvalue weighted by Gasteiger charge is -2.05. The molecule has 8 heteroatoms. The van der Waals surface area contributed by atoms with Crippen molar-refractivity contribution < 1.29 is 32.3 Å². The number of hydrogen-bond donors (Lipinski definition) is 0. The zero-order chi connectivity index (χ0) is 18.9. The van der Waals surface area contributed by atoms with Crippen molar-refractivity contribution in [2.75, 3.05) is 12.9 Å². The van der Waals surface area contributed by atoms with Crippen molar-refractivity contribution in [3.8, 4) is 5.75 Å². The van der Waals surface area contributed by atoms with Crippen LogP contribution in [0.15, 0.2) is 36.9 Å². The van der Waals surface area contributed by atoms with Crippen LogP contribution in [0.2, 0.25) is 0 Å². The Bertz CT molecular complexity index is 733. The Labute approximate surface area is 146 Å². The van der Waals surface area contributed by atoms with E-state index in [9.17, 15) is 22.8 Å². The van der Waals surface area contributed by atoms with Gasteiger partial charge in [0.2, 0.25) is 9.84 Å². The maximum Gasteiger partial charge on any atom is 0.330 e. The van der Waals surface area contributed by atoms with Crippen molar-refractivity contribution in [3.05, 3.63) is 42.5 Å². The van der Waals surface area contributed by atoms with Crippen LogP contribution in [0.5, 0.6) is 5.75 Å². The quantitative estimate of drug-likeness (QED) is 0.284. The van der Waals surface area contributed by atoms with Gasteiger partial charge in [-0.05, 0) is 43.5 Å². The smallest absolute Gasteiger partial charge is 0.330 e. The summed E-state index contributed by atoms with van der Waals surface area (Å²) in [6.45, 7) is 3.56. The highest BCUT2D eigenvalue weighted by molar-refractivity contribution is 8.06. The second-order valence-corrected chi connectivity index (χ2v) is 7.16. The van der Waals surface area contributed by atoms with Gasteiger partial charge in [-0.1, -0.05) is 6.58 Å². The first kappa shape index (κ1) is 20.6. The van der Waals surface area contributed by atoms with E-state index in [2.05, 4.69) is 6.58 Å². The van der Waals surface area contributed by atoms with Gasteiger partial charge in [0.25, 0.3) is 5.12 Å². The molecule has 0 N–H and O–H groups in total. The summed E-state index contributed by atoms with van der Waals surface area (Å²) in [5, 5.41) is -0.984. The predicted molar refractivity (Wildman–Crippen MR) is 90.9 cm³/mol. The van der Waals surface area contributed by atoms with E-state index in [4.69, 9.17) is 9.47 Å². The molecule has 0 amide bonds. The molecule has 0 aliphatic heterocycles. The summed E-state index contributed by atoms with van der Waals surface area (Å²) in [4.78, 5) is 34.1. The van der Waals surface area contributed by atoms with Crippen LogP contribution < -0.4 is 4.74 Å². The lowest BCUT2D eigenvalue weighted by molar-refractivity contribution is -0.138. The van der Waals surface area contributed by atoms with Gasteiger partial charge in [0.1, 0.15) is 5.75 Å². The van der Waals surface area contributed by atoms with Crippen LogP contribution in [-0.2, 0) is 24.2 Å². The monoisotopic (exact) mass is 368 g/mol. The van der Waals surface area contributed by atoms with Crippen LogP contribution in [0, 0.1) is 0 Å². The third kappa shape index (κ3) is 7.75. The number of ether oxygens (including phenoxy) is 2. The highest BCUT2D eigenvalue weighted by Crippen LogP contribution is 2.15. The first-order valence-electron chi connectivity index (χ1n) is 7.58. The summed E-state index contributed by atoms with van der Waals surface area (Å²) in [5.74, 6) is -0.683. The molecule has 1 aromatic carbocycles. The minimum absolute atomic E-state index is 0.0105. The summed E-state index contributed by atoms with van der Waals surface area (Å²) >= 11 is 0. The topological polar surface area (TPSA) is 104 Å². The summed E-state index contributed by atoms with van der Waals surface area (Å²) < 4.78 is 32.3. The zero-order valence-electron chi connectivity index (χ0n) is 13.9. The molecule has 0 aliphatic rings. The molecular weight excluding hydrogens is 348 g/mol. The van der Waals surface area contributed by atoms with Gasteiger partial charge in [-0.2, -0.15) is 0 Å². The van der Waals surface area contributed by atoms with Gasteiger partial charge in [-0.25, -0.2) is 13.2 Å². The van der Waals surface area contributed by atoms with Crippen molar-refractivity contribution in [2.24, 2.45) is 0 Å². The van der Waals surface area contributed by atoms with Crippen molar-refractivity contribution in [1.82, 2.24) is 0 Å². The highest BCUT2D eigenvalue weighted by atomic mass is 32.2. The van der Waals surface area contributed by atoms with Crippen LogP contribution in [0.25, 0.3) is 0 Å². The number of esters is 2. The Morgan fingerprint density at radius 3 is 2.28 bits per heavy atom. The van der Waals surface area contributed by atoms with Crippen molar-refractivity contribution >= 4 is 26.9 Å². The van der Waals surface area contributed by atoms with Crippen LogP contribution in [0.3, 0.4) is 0 Å². The summed E-state index contributed by atoms with van der Waals surface area (Å²) in [5.41, 5.74) is 0.0105. The molecule has 1 rings (SSSR count). The molecular formula is C17H20O7S. The van der Waals surface area contributed by atoms with E-state index in [0.29, 0.717) is 19.3 Å². The summed E-state index contributed by atoms with van der Waals surface area (Å²) in [6, 6.07) is 5.32. The number of unbranched alkanes of at least 4 members (excludes halogenated alkanes) is 2. The summed E-state index contributed by atoms with van der Waals surface area (Å²) in [6.07, 6.45) is 4.03. The number of benzene rings is 1. The molecule has 136 valence electrons.